The lowest BCUT2D eigenvalue weighted by Crippen LogP contribution is -2.24. The molecule has 2 nitrogen and oxygen atoms in total. The molecular formula is C14H22ClNO. The first-order valence-electron chi connectivity index (χ1n) is 6.18. The average Bonchev–Trinajstić information content (AvgIpc) is 2.35. The number of rotatable bonds is 6. The van der Waals surface area contributed by atoms with Crippen molar-refractivity contribution >= 4 is 11.6 Å². The van der Waals surface area contributed by atoms with Crippen molar-refractivity contribution in [1.29, 1.82) is 0 Å². The molecule has 0 bridgehead atoms. The number of methoxy groups -OCH3 is 1. The summed E-state index contributed by atoms with van der Waals surface area (Å²) < 4.78 is 5.17. The number of hydrogen-bond donors (Lipinski definition) is 1. The van der Waals surface area contributed by atoms with Gasteiger partial charge in [-0.15, -0.1) is 0 Å². The first-order chi connectivity index (χ1) is 8.17. The van der Waals surface area contributed by atoms with Gasteiger partial charge in [-0.05, 0) is 30.7 Å². The predicted molar refractivity (Wildman–Crippen MR) is 73.9 cm³/mol. The third-order valence-electron chi connectivity index (χ3n) is 3.37. The standard InChI is InChI=1S/C14H22ClNO/c1-5-10(6-2)14(16-3)11-7-8-13(17-4)12(15)9-11/h7-10,14,16H,5-6H2,1-4H3. The number of ether oxygens (including phenoxy) is 1. The Morgan fingerprint density at radius 2 is 1.94 bits per heavy atom. The monoisotopic (exact) mass is 255 g/mol. The summed E-state index contributed by atoms with van der Waals surface area (Å²) in [6.07, 6.45) is 2.32. The van der Waals surface area contributed by atoms with E-state index < -0.39 is 0 Å². The molecule has 96 valence electrons. The first kappa shape index (κ1) is 14.3. The zero-order valence-corrected chi connectivity index (χ0v) is 11.8. The Hall–Kier alpha value is -0.730. The lowest BCUT2D eigenvalue weighted by atomic mass is 9.89. The highest BCUT2D eigenvalue weighted by Crippen LogP contribution is 2.32. The number of halogens is 1. The van der Waals surface area contributed by atoms with Gasteiger partial charge in [-0.25, -0.2) is 0 Å². The molecule has 0 aromatic heterocycles. The molecular weight excluding hydrogens is 234 g/mol. The molecule has 0 saturated carbocycles. The van der Waals surface area contributed by atoms with Gasteiger partial charge in [0.15, 0.2) is 0 Å². The second-order valence-corrected chi connectivity index (χ2v) is 4.64. The van der Waals surface area contributed by atoms with Crippen LogP contribution in [0.2, 0.25) is 5.02 Å². The van der Waals surface area contributed by atoms with Gasteiger partial charge in [-0.1, -0.05) is 44.4 Å². The van der Waals surface area contributed by atoms with Gasteiger partial charge in [0.2, 0.25) is 0 Å². The van der Waals surface area contributed by atoms with Gasteiger partial charge < -0.3 is 10.1 Å². The maximum absolute atomic E-state index is 6.17. The Bertz CT molecular complexity index is 350. The highest BCUT2D eigenvalue weighted by Gasteiger charge is 2.19. The molecule has 3 heteroatoms. The SMILES string of the molecule is CCC(CC)C(NC)c1ccc(OC)c(Cl)c1. The van der Waals surface area contributed by atoms with Gasteiger partial charge in [0.25, 0.3) is 0 Å². The molecule has 1 aromatic rings. The minimum absolute atomic E-state index is 0.355. The van der Waals surface area contributed by atoms with Crippen molar-refractivity contribution in [1.82, 2.24) is 5.32 Å². The topological polar surface area (TPSA) is 21.3 Å². The van der Waals surface area contributed by atoms with Gasteiger partial charge in [-0.2, -0.15) is 0 Å². The van der Waals surface area contributed by atoms with E-state index in [4.69, 9.17) is 16.3 Å². The van der Waals surface area contributed by atoms with E-state index >= 15 is 0 Å². The van der Waals surface area contributed by atoms with Crippen LogP contribution in [-0.4, -0.2) is 14.2 Å². The second-order valence-electron chi connectivity index (χ2n) is 4.24. The lowest BCUT2D eigenvalue weighted by Gasteiger charge is -2.25. The summed E-state index contributed by atoms with van der Waals surface area (Å²) in [5.41, 5.74) is 1.23. The lowest BCUT2D eigenvalue weighted by molar-refractivity contribution is 0.359. The minimum atomic E-state index is 0.355. The van der Waals surface area contributed by atoms with Crippen LogP contribution in [0.5, 0.6) is 5.75 Å². The predicted octanol–water partition coefficient (Wildman–Crippen LogP) is 4.05. The fourth-order valence-corrected chi connectivity index (χ4v) is 2.58. The maximum atomic E-state index is 6.17. The summed E-state index contributed by atoms with van der Waals surface area (Å²) >= 11 is 6.17. The van der Waals surface area contributed by atoms with Crippen LogP contribution in [0.15, 0.2) is 18.2 Å². The van der Waals surface area contributed by atoms with Gasteiger partial charge in [-0.3, -0.25) is 0 Å². The van der Waals surface area contributed by atoms with Crippen LogP contribution >= 0.6 is 11.6 Å². The average molecular weight is 256 g/mol. The fourth-order valence-electron chi connectivity index (χ4n) is 2.31. The molecule has 1 rings (SSSR count). The summed E-state index contributed by atoms with van der Waals surface area (Å²) in [6.45, 7) is 4.45. The summed E-state index contributed by atoms with van der Waals surface area (Å²) in [5, 5.41) is 4.06. The summed E-state index contributed by atoms with van der Waals surface area (Å²) in [4.78, 5) is 0. The van der Waals surface area contributed by atoms with Crippen molar-refractivity contribution in [2.45, 2.75) is 32.7 Å². The number of benzene rings is 1. The van der Waals surface area contributed by atoms with E-state index in [2.05, 4.69) is 25.2 Å². The molecule has 0 amide bonds. The molecule has 0 spiro atoms. The number of hydrogen-bond acceptors (Lipinski definition) is 2. The normalized spacial score (nSPS) is 12.8. The first-order valence-corrected chi connectivity index (χ1v) is 6.56. The van der Waals surface area contributed by atoms with Gasteiger partial charge in [0.05, 0.1) is 12.1 Å². The van der Waals surface area contributed by atoms with E-state index in [-0.39, 0.29) is 0 Å². The Kier molecular flexibility index (Phi) is 5.79. The molecule has 0 radical (unpaired) electrons. The number of nitrogens with one attached hydrogen (secondary N) is 1. The van der Waals surface area contributed by atoms with E-state index in [9.17, 15) is 0 Å². The van der Waals surface area contributed by atoms with Gasteiger partial charge >= 0.3 is 0 Å². The van der Waals surface area contributed by atoms with Crippen molar-refractivity contribution in [3.8, 4) is 5.75 Å². The van der Waals surface area contributed by atoms with Gasteiger partial charge in [0, 0.05) is 6.04 Å². The second kappa shape index (κ2) is 6.87. The Labute approximate surface area is 109 Å². The summed E-state index contributed by atoms with van der Waals surface area (Å²) in [5.74, 6) is 1.36. The molecule has 1 N–H and O–H groups in total. The molecule has 1 atom stereocenters. The van der Waals surface area contributed by atoms with Crippen molar-refractivity contribution in [3.05, 3.63) is 28.8 Å². The highest BCUT2D eigenvalue weighted by molar-refractivity contribution is 6.32. The Balaban J connectivity index is 3.00. The van der Waals surface area contributed by atoms with Crippen LogP contribution in [0.4, 0.5) is 0 Å². The highest BCUT2D eigenvalue weighted by atomic mass is 35.5. The Morgan fingerprint density at radius 3 is 2.35 bits per heavy atom. The van der Waals surface area contributed by atoms with Crippen molar-refractivity contribution in [3.63, 3.8) is 0 Å². The quantitative estimate of drug-likeness (QED) is 0.828. The molecule has 0 saturated heterocycles. The molecule has 0 aliphatic rings. The Morgan fingerprint density at radius 1 is 1.29 bits per heavy atom. The third kappa shape index (κ3) is 3.36. The van der Waals surface area contributed by atoms with Gasteiger partial charge in [0.1, 0.15) is 5.75 Å². The molecule has 0 fully saturated rings. The smallest absolute Gasteiger partial charge is 0.137 e. The summed E-state index contributed by atoms with van der Waals surface area (Å²) in [7, 11) is 3.64. The zero-order valence-electron chi connectivity index (χ0n) is 11.1. The fraction of sp³-hybridized carbons (Fsp3) is 0.571. The van der Waals surface area contributed by atoms with E-state index in [0.29, 0.717) is 17.0 Å². The largest absolute Gasteiger partial charge is 0.495 e. The van der Waals surface area contributed by atoms with Crippen LogP contribution in [0.1, 0.15) is 38.3 Å². The van der Waals surface area contributed by atoms with E-state index in [1.807, 2.05) is 19.2 Å². The maximum Gasteiger partial charge on any atom is 0.137 e. The molecule has 17 heavy (non-hydrogen) atoms. The van der Waals surface area contributed by atoms with E-state index in [0.717, 1.165) is 18.6 Å². The molecule has 0 aliphatic heterocycles. The van der Waals surface area contributed by atoms with Crippen LogP contribution in [0, 0.1) is 5.92 Å². The molecule has 1 aromatic carbocycles. The van der Waals surface area contributed by atoms with Crippen molar-refractivity contribution in [2.75, 3.05) is 14.2 Å². The molecule has 0 aliphatic carbocycles. The van der Waals surface area contributed by atoms with Crippen LogP contribution in [-0.2, 0) is 0 Å². The minimum Gasteiger partial charge on any atom is -0.495 e. The van der Waals surface area contributed by atoms with Crippen LogP contribution in [0.25, 0.3) is 0 Å². The van der Waals surface area contributed by atoms with Crippen LogP contribution in [0.3, 0.4) is 0 Å². The van der Waals surface area contributed by atoms with Crippen molar-refractivity contribution in [2.24, 2.45) is 5.92 Å². The van der Waals surface area contributed by atoms with E-state index in [1.54, 1.807) is 7.11 Å². The van der Waals surface area contributed by atoms with E-state index in [1.165, 1.54) is 5.56 Å². The summed E-state index contributed by atoms with van der Waals surface area (Å²) in [6, 6.07) is 6.38. The third-order valence-corrected chi connectivity index (χ3v) is 3.66. The zero-order chi connectivity index (χ0) is 12.8. The van der Waals surface area contributed by atoms with Crippen molar-refractivity contribution < 1.29 is 4.74 Å². The van der Waals surface area contributed by atoms with Crippen LogP contribution < -0.4 is 10.1 Å². The molecule has 1 unspecified atom stereocenters. The molecule has 0 heterocycles.